The van der Waals surface area contributed by atoms with Crippen LogP contribution < -0.4 is 0 Å². The molecule has 1 unspecified atom stereocenters. The molecule has 172 valence electrons. The van der Waals surface area contributed by atoms with Crippen molar-refractivity contribution in [3.05, 3.63) is 60.2 Å². The van der Waals surface area contributed by atoms with Gasteiger partial charge in [-0.15, -0.1) is 0 Å². The molecule has 2 aromatic rings. The smallest absolute Gasteiger partial charge is 0.410 e. The fourth-order valence-electron chi connectivity index (χ4n) is 4.46. The van der Waals surface area contributed by atoms with Gasteiger partial charge in [0.25, 0.3) is 0 Å². The lowest BCUT2D eigenvalue weighted by atomic mass is 9.72. The van der Waals surface area contributed by atoms with Gasteiger partial charge < -0.3 is 19.5 Å². The van der Waals surface area contributed by atoms with Crippen molar-refractivity contribution in [1.29, 1.82) is 0 Å². The Morgan fingerprint density at radius 2 is 1.72 bits per heavy atom. The minimum atomic E-state index is -0.907. The van der Waals surface area contributed by atoms with Gasteiger partial charge in [-0.2, -0.15) is 0 Å². The van der Waals surface area contributed by atoms with Crippen LogP contribution >= 0.6 is 0 Å². The topological polar surface area (TPSA) is 76.1 Å². The minimum absolute atomic E-state index is 0.0664. The van der Waals surface area contributed by atoms with Gasteiger partial charge in [-0.05, 0) is 49.8 Å². The zero-order chi connectivity index (χ0) is 23.3. The normalized spacial score (nSPS) is 21.2. The Kier molecular flexibility index (Phi) is 7.56. The molecule has 1 heterocycles. The van der Waals surface area contributed by atoms with Crippen molar-refractivity contribution in [2.75, 3.05) is 26.8 Å². The number of aliphatic carboxylic acids is 1. The van der Waals surface area contributed by atoms with Crippen LogP contribution in [0.1, 0.15) is 38.7 Å². The number of benzene rings is 2. The molecule has 1 aliphatic rings. The number of carboxylic acids is 1. The van der Waals surface area contributed by atoms with E-state index in [1.165, 1.54) is 0 Å². The first kappa shape index (κ1) is 23.8. The molecule has 32 heavy (non-hydrogen) atoms. The highest BCUT2D eigenvalue weighted by atomic mass is 16.6. The lowest BCUT2D eigenvalue weighted by Crippen LogP contribution is -2.51. The number of piperidine rings is 1. The second kappa shape index (κ2) is 10.2. The predicted molar refractivity (Wildman–Crippen MR) is 124 cm³/mol. The summed E-state index contributed by atoms with van der Waals surface area (Å²) in [5, 5.41) is 10.1. The standard InChI is InChI=1S/C26H33NO5/c1-26(2,3)32-25(30)27-16-21(13-14-31-4)23(22(17-27)24(28)29)20-12-8-11-19(15-20)18-9-6-5-7-10-18/h5-12,15,21-23H,13-14,16-17H2,1-4H3,(H,28,29)/t21?,22-,23-/m0/s1. The highest BCUT2D eigenvalue weighted by Gasteiger charge is 2.43. The molecule has 0 aliphatic carbocycles. The molecule has 1 aliphatic heterocycles. The van der Waals surface area contributed by atoms with Crippen LogP contribution in [0.25, 0.3) is 11.1 Å². The lowest BCUT2D eigenvalue weighted by molar-refractivity contribution is -0.145. The molecule has 1 fully saturated rings. The maximum absolute atomic E-state index is 12.8. The maximum atomic E-state index is 12.8. The van der Waals surface area contributed by atoms with Crippen LogP contribution in [0.4, 0.5) is 4.79 Å². The monoisotopic (exact) mass is 439 g/mol. The van der Waals surface area contributed by atoms with Crippen molar-refractivity contribution in [1.82, 2.24) is 4.90 Å². The van der Waals surface area contributed by atoms with Crippen LogP contribution in [0.5, 0.6) is 0 Å². The van der Waals surface area contributed by atoms with Gasteiger partial charge in [-0.25, -0.2) is 4.79 Å². The number of hydrogen-bond acceptors (Lipinski definition) is 4. The van der Waals surface area contributed by atoms with Crippen molar-refractivity contribution in [2.45, 2.75) is 38.7 Å². The average Bonchev–Trinajstić information content (AvgIpc) is 2.76. The van der Waals surface area contributed by atoms with E-state index in [1.807, 2.05) is 69.3 Å². The molecule has 0 aromatic heterocycles. The molecule has 1 amide bonds. The summed E-state index contributed by atoms with van der Waals surface area (Å²) in [6, 6.07) is 18.1. The van der Waals surface area contributed by atoms with E-state index < -0.39 is 23.6 Å². The molecular formula is C26H33NO5. The third kappa shape index (κ3) is 5.88. The first-order valence-electron chi connectivity index (χ1n) is 11.0. The van der Waals surface area contributed by atoms with Gasteiger partial charge in [0.15, 0.2) is 0 Å². The van der Waals surface area contributed by atoms with Crippen molar-refractivity contribution >= 4 is 12.1 Å². The van der Waals surface area contributed by atoms with Gasteiger partial charge >= 0.3 is 12.1 Å². The highest BCUT2D eigenvalue weighted by Crippen LogP contribution is 2.41. The summed E-state index contributed by atoms with van der Waals surface area (Å²) < 4.78 is 10.9. The van der Waals surface area contributed by atoms with Crippen molar-refractivity contribution in [3.8, 4) is 11.1 Å². The Labute approximate surface area is 190 Å². The van der Waals surface area contributed by atoms with Gasteiger partial charge in [0.05, 0.1) is 5.92 Å². The molecule has 1 saturated heterocycles. The quantitative estimate of drug-likeness (QED) is 0.682. The minimum Gasteiger partial charge on any atom is -0.481 e. The molecule has 1 N–H and O–H groups in total. The summed E-state index contributed by atoms with van der Waals surface area (Å²) >= 11 is 0. The van der Waals surface area contributed by atoms with E-state index in [4.69, 9.17) is 9.47 Å². The molecule has 3 atom stereocenters. The molecule has 3 rings (SSSR count). The van der Waals surface area contributed by atoms with E-state index in [9.17, 15) is 14.7 Å². The lowest BCUT2D eigenvalue weighted by Gasteiger charge is -2.43. The molecule has 6 nitrogen and oxygen atoms in total. The van der Waals surface area contributed by atoms with E-state index >= 15 is 0 Å². The number of amides is 1. The van der Waals surface area contributed by atoms with E-state index in [1.54, 1.807) is 12.0 Å². The van der Waals surface area contributed by atoms with E-state index in [0.29, 0.717) is 19.6 Å². The predicted octanol–water partition coefficient (Wildman–Crippen LogP) is 5.04. The number of nitrogens with zero attached hydrogens (tertiary/aromatic N) is 1. The molecule has 0 bridgehead atoms. The van der Waals surface area contributed by atoms with E-state index in [0.717, 1.165) is 16.7 Å². The Hall–Kier alpha value is -2.86. The van der Waals surface area contributed by atoms with Gasteiger partial charge in [0.1, 0.15) is 5.60 Å². The molecule has 0 spiro atoms. The van der Waals surface area contributed by atoms with Gasteiger partial charge in [0.2, 0.25) is 0 Å². The average molecular weight is 440 g/mol. The largest absolute Gasteiger partial charge is 0.481 e. The van der Waals surface area contributed by atoms with Crippen LogP contribution in [-0.2, 0) is 14.3 Å². The maximum Gasteiger partial charge on any atom is 0.410 e. The van der Waals surface area contributed by atoms with Crippen molar-refractivity contribution in [3.63, 3.8) is 0 Å². The summed E-state index contributed by atoms with van der Waals surface area (Å²) in [7, 11) is 1.63. The van der Waals surface area contributed by atoms with Crippen LogP contribution in [0.2, 0.25) is 0 Å². The third-order valence-corrected chi connectivity index (χ3v) is 5.85. The number of carboxylic acid groups (broad SMARTS) is 1. The first-order chi connectivity index (χ1) is 15.2. The Morgan fingerprint density at radius 1 is 1.03 bits per heavy atom. The van der Waals surface area contributed by atoms with Gasteiger partial charge in [-0.3, -0.25) is 4.79 Å². The number of carbonyl (C=O) groups is 2. The van der Waals surface area contributed by atoms with Crippen molar-refractivity contribution in [2.24, 2.45) is 11.8 Å². The molecule has 2 aromatic carbocycles. The SMILES string of the molecule is COCCC1CN(C(=O)OC(C)(C)C)C[C@H](C(=O)O)[C@H]1c1cccc(-c2ccccc2)c1. The second-order valence-electron chi connectivity index (χ2n) is 9.39. The Bertz CT molecular complexity index is 921. The molecule has 0 radical (unpaired) electrons. The van der Waals surface area contributed by atoms with Crippen molar-refractivity contribution < 1.29 is 24.2 Å². The fourth-order valence-corrected chi connectivity index (χ4v) is 4.46. The number of carbonyl (C=O) groups excluding carboxylic acids is 1. The van der Waals surface area contributed by atoms with Gasteiger partial charge in [-0.1, -0.05) is 54.6 Å². The number of ether oxygens (including phenoxy) is 2. The van der Waals surface area contributed by atoms with Gasteiger partial charge in [0, 0.05) is 32.7 Å². The Balaban J connectivity index is 1.95. The van der Waals surface area contributed by atoms with Crippen LogP contribution in [-0.4, -0.2) is 54.5 Å². The second-order valence-corrected chi connectivity index (χ2v) is 9.39. The number of hydrogen-bond donors (Lipinski definition) is 1. The third-order valence-electron chi connectivity index (χ3n) is 5.85. The summed E-state index contributed by atoms with van der Waals surface area (Å²) in [6.45, 7) is 6.47. The van der Waals surface area contributed by atoms with Crippen LogP contribution in [0, 0.1) is 11.8 Å². The van der Waals surface area contributed by atoms with E-state index in [2.05, 4.69) is 6.07 Å². The van der Waals surface area contributed by atoms with Crippen LogP contribution in [0.3, 0.4) is 0 Å². The number of rotatable bonds is 6. The first-order valence-corrected chi connectivity index (χ1v) is 11.0. The summed E-state index contributed by atoms with van der Waals surface area (Å²) in [5.74, 6) is -1.94. The van der Waals surface area contributed by atoms with E-state index in [-0.39, 0.29) is 18.4 Å². The molecular weight excluding hydrogens is 406 g/mol. The molecule has 0 saturated carbocycles. The molecule has 6 heteroatoms. The summed E-state index contributed by atoms with van der Waals surface area (Å²) in [6.07, 6.45) is 0.183. The zero-order valence-electron chi connectivity index (χ0n) is 19.3. The zero-order valence-corrected chi connectivity index (χ0v) is 19.3. The van der Waals surface area contributed by atoms with Crippen LogP contribution in [0.15, 0.2) is 54.6 Å². The summed E-state index contributed by atoms with van der Waals surface area (Å²) in [5.41, 5.74) is 2.47. The Morgan fingerprint density at radius 3 is 2.34 bits per heavy atom. The number of likely N-dealkylation sites (tertiary alicyclic amines) is 1. The number of methoxy groups -OCH3 is 1. The highest BCUT2D eigenvalue weighted by molar-refractivity contribution is 5.75. The summed E-state index contributed by atoms with van der Waals surface area (Å²) in [4.78, 5) is 26.7. The fraction of sp³-hybridized carbons (Fsp3) is 0.462.